The predicted octanol–water partition coefficient (Wildman–Crippen LogP) is 1.48. The van der Waals surface area contributed by atoms with Crippen LogP contribution in [0.3, 0.4) is 0 Å². The highest BCUT2D eigenvalue weighted by atomic mass is 19.1. The van der Waals surface area contributed by atoms with Gasteiger partial charge in [0.25, 0.3) is 5.91 Å². The average Bonchev–Trinajstić information content (AvgIpc) is 3.21. The van der Waals surface area contributed by atoms with E-state index < -0.39 is 0 Å². The Morgan fingerprint density at radius 1 is 1.44 bits per heavy atom. The highest BCUT2D eigenvalue weighted by Gasteiger charge is 2.28. The molecular weight excluding hydrogens is 327 g/mol. The number of ether oxygens (including phenoxy) is 1. The molecule has 0 bridgehead atoms. The molecule has 0 unspecified atom stereocenters. The summed E-state index contributed by atoms with van der Waals surface area (Å²) in [4.78, 5) is 25.2. The number of carbonyl (C=O) groups excluding carboxylic acids is 2. The Balaban J connectivity index is 1.56. The Kier molecular flexibility index (Phi) is 4.97. The summed E-state index contributed by atoms with van der Waals surface area (Å²) in [5.41, 5.74) is 0.909. The van der Waals surface area contributed by atoms with Gasteiger partial charge in [-0.25, -0.2) is 4.39 Å². The second kappa shape index (κ2) is 7.33. The van der Waals surface area contributed by atoms with Gasteiger partial charge in [-0.05, 0) is 24.6 Å². The van der Waals surface area contributed by atoms with Crippen molar-refractivity contribution in [3.63, 3.8) is 0 Å². The lowest BCUT2D eigenvalue weighted by atomic mass is 10.2. The first-order chi connectivity index (χ1) is 12.0. The molecule has 0 saturated carbocycles. The number of rotatable bonds is 5. The van der Waals surface area contributed by atoms with E-state index in [1.807, 2.05) is 0 Å². The van der Waals surface area contributed by atoms with Gasteiger partial charge in [0.15, 0.2) is 5.69 Å². The minimum atomic E-state index is -0.374. The van der Waals surface area contributed by atoms with Crippen LogP contribution in [0.2, 0.25) is 0 Å². The Bertz CT molecular complexity index is 777. The van der Waals surface area contributed by atoms with Crippen molar-refractivity contribution in [2.45, 2.75) is 26.0 Å². The van der Waals surface area contributed by atoms with E-state index in [4.69, 9.17) is 4.74 Å². The third-order valence-corrected chi connectivity index (χ3v) is 3.92. The van der Waals surface area contributed by atoms with Gasteiger partial charge in [-0.3, -0.25) is 14.7 Å². The summed E-state index contributed by atoms with van der Waals surface area (Å²) in [5.74, 6) is -0.266. The summed E-state index contributed by atoms with van der Waals surface area (Å²) in [6, 6.07) is 7.44. The van der Waals surface area contributed by atoms with E-state index in [0.717, 1.165) is 6.42 Å². The Labute approximate surface area is 144 Å². The first kappa shape index (κ1) is 16.9. The number of halogens is 1. The molecule has 0 spiro atoms. The van der Waals surface area contributed by atoms with Crippen LogP contribution < -0.4 is 10.1 Å². The summed E-state index contributed by atoms with van der Waals surface area (Å²) in [6.07, 6.45) is 0.727. The van der Waals surface area contributed by atoms with E-state index in [0.29, 0.717) is 30.2 Å². The molecule has 1 aliphatic rings. The van der Waals surface area contributed by atoms with Crippen molar-refractivity contribution < 1.29 is 18.7 Å². The van der Waals surface area contributed by atoms with Crippen molar-refractivity contribution in [3.05, 3.63) is 47.5 Å². The van der Waals surface area contributed by atoms with Crippen molar-refractivity contribution in [1.29, 1.82) is 0 Å². The summed E-state index contributed by atoms with van der Waals surface area (Å²) in [6.45, 7) is 2.66. The molecule has 2 N–H and O–H groups in total. The average molecular weight is 346 g/mol. The van der Waals surface area contributed by atoms with E-state index in [-0.39, 0.29) is 30.3 Å². The first-order valence-electron chi connectivity index (χ1n) is 8.00. The van der Waals surface area contributed by atoms with Crippen LogP contribution in [0.5, 0.6) is 5.75 Å². The summed E-state index contributed by atoms with van der Waals surface area (Å²) in [5, 5.41) is 9.59. The topological polar surface area (TPSA) is 87.3 Å². The molecule has 3 rings (SSSR count). The number of amides is 2. The van der Waals surface area contributed by atoms with E-state index in [1.165, 1.54) is 19.1 Å². The fourth-order valence-corrected chi connectivity index (χ4v) is 2.77. The van der Waals surface area contributed by atoms with Gasteiger partial charge in [0, 0.05) is 32.1 Å². The fraction of sp³-hybridized carbons (Fsp3) is 0.353. The van der Waals surface area contributed by atoms with Crippen molar-refractivity contribution >= 4 is 11.8 Å². The Hall–Kier alpha value is -2.90. The van der Waals surface area contributed by atoms with E-state index in [2.05, 4.69) is 15.5 Å². The number of carbonyl (C=O) groups is 2. The van der Waals surface area contributed by atoms with Crippen LogP contribution in [-0.2, 0) is 11.4 Å². The number of likely N-dealkylation sites (tertiary alicyclic amines) is 1. The van der Waals surface area contributed by atoms with Gasteiger partial charge in [0.2, 0.25) is 5.91 Å². The van der Waals surface area contributed by atoms with Crippen LogP contribution in [0.15, 0.2) is 30.3 Å². The van der Waals surface area contributed by atoms with Gasteiger partial charge >= 0.3 is 0 Å². The van der Waals surface area contributed by atoms with Crippen LogP contribution in [0.1, 0.15) is 29.5 Å². The van der Waals surface area contributed by atoms with E-state index in [1.54, 1.807) is 23.1 Å². The molecule has 132 valence electrons. The molecule has 0 radical (unpaired) electrons. The lowest BCUT2D eigenvalue weighted by Crippen LogP contribution is -2.37. The molecule has 8 heteroatoms. The number of hydrogen-bond acceptors (Lipinski definition) is 4. The summed E-state index contributed by atoms with van der Waals surface area (Å²) < 4.78 is 18.6. The maximum atomic E-state index is 13.1. The highest BCUT2D eigenvalue weighted by Crippen LogP contribution is 2.16. The first-order valence-corrected chi connectivity index (χ1v) is 8.00. The molecule has 1 atom stereocenters. The lowest BCUT2D eigenvalue weighted by Gasteiger charge is -2.15. The number of hydrogen-bond donors (Lipinski definition) is 2. The van der Waals surface area contributed by atoms with Crippen molar-refractivity contribution in [3.8, 4) is 5.75 Å². The van der Waals surface area contributed by atoms with Gasteiger partial charge in [-0.1, -0.05) is 6.07 Å². The molecule has 2 aromatic rings. The molecule has 25 heavy (non-hydrogen) atoms. The quantitative estimate of drug-likeness (QED) is 0.858. The smallest absolute Gasteiger partial charge is 0.274 e. The monoisotopic (exact) mass is 346 g/mol. The SMILES string of the molecule is CC(=O)N[C@@H]1CCN(C(=O)c2cc(COc3cccc(F)c3)[nH]n2)C1. The van der Waals surface area contributed by atoms with Gasteiger partial charge in [-0.15, -0.1) is 0 Å². The van der Waals surface area contributed by atoms with Crippen LogP contribution >= 0.6 is 0 Å². The maximum absolute atomic E-state index is 13.1. The molecule has 1 aliphatic heterocycles. The fourth-order valence-electron chi connectivity index (χ4n) is 2.77. The minimum absolute atomic E-state index is 0.0174. The van der Waals surface area contributed by atoms with Crippen LogP contribution in [-0.4, -0.2) is 46.0 Å². The molecule has 1 aromatic carbocycles. The molecule has 7 nitrogen and oxygen atoms in total. The highest BCUT2D eigenvalue weighted by molar-refractivity contribution is 5.92. The van der Waals surface area contributed by atoms with Crippen molar-refractivity contribution in [2.75, 3.05) is 13.1 Å². The standard InChI is InChI=1S/C17H19FN4O3/c1-11(23)19-13-5-6-22(9-13)17(24)16-8-14(20-21-16)10-25-15-4-2-3-12(18)7-15/h2-4,7-8,13H,5-6,9-10H2,1H3,(H,19,23)(H,20,21)/t13-/m1/s1. The number of nitrogens with zero attached hydrogens (tertiary/aromatic N) is 2. The third-order valence-electron chi connectivity index (χ3n) is 3.92. The molecule has 1 saturated heterocycles. The van der Waals surface area contributed by atoms with Gasteiger partial charge in [0.1, 0.15) is 18.2 Å². The van der Waals surface area contributed by atoms with Gasteiger partial charge < -0.3 is 15.0 Å². The van der Waals surface area contributed by atoms with Crippen LogP contribution in [0.25, 0.3) is 0 Å². The van der Waals surface area contributed by atoms with Gasteiger partial charge in [-0.2, -0.15) is 5.10 Å². The molecule has 1 fully saturated rings. The molecule has 2 heterocycles. The molecular formula is C17H19FN4O3. The van der Waals surface area contributed by atoms with Crippen molar-refractivity contribution in [1.82, 2.24) is 20.4 Å². The predicted molar refractivity (Wildman–Crippen MR) is 87.4 cm³/mol. The Morgan fingerprint density at radius 3 is 3.04 bits per heavy atom. The Morgan fingerprint density at radius 2 is 2.28 bits per heavy atom. The zero-order valence-corrected chi connectivity index (χ0v) is 13.8. The number of aromatic nitrogens is 2. The maximum Gasteiger partial charge on any atom is 0.274 e. The number of H-pyrrole nitrogens is 1. The lowest BCUT2D eigenvalue weighted by molar-refractivity contribution is -0.119. The van der Waals surface area contributed by atoms with Crippen LogP contribution in [0.4, 0.5) is 4.39 Å². The van der Waals surface area contributed by atoms with E-state index >= 15 is 0 Å². The number of nitrogens with one attached hydrogen (secondary N) is 2. The summed E-state index contributed by atoms with van der Waals surface area (Å²) in [7, 11) is 0. The molecule has 1 aromatic heterocycles. The summed E-state index contributed by atoms with van der Waals surface area (Å²) >= 11 is 0. The normalized spacial score (nSPS) is 16.7. The zero-order valence-electron chi connectivity index (χ0n) is 13.8. The van der Waals surface area contributed by atoms with Gasteiger partial charge in [0.05, 0.1) is 5.69 Å². The zero-order chi connectivity index (χ0) is 17.8. The minimum Gasteiger partial charge on any atom is -0.487 e. The van der Waals surface area contributed by atoms with Crippen molar-refractivity contribution in [2.24, 2.45) is 0 Å². The number of benzene rings is 1. The second-order valence-corrected chi connectivity index (χ2v) is 5.96. The third kappa shape index (κ3) is 4.34. The largest absolute Gasteiger partial charge is 0.487 e. The van der Waals surface area contributed by atoms with E-state index in [9.17, 15) is 14.0 Å². The van der Waals surface area contributed by atoms with Crippen LogP contribution in [0, 0.1) is 5.82 Å². The molecule has 0 aliphatic carbocycles. The number of aromatic amines is 1. The molecule has 2 amide bonds. The second-order valence-electron chi connectivity index (χ2n) is 5.96.